The molecule has 2 N–H and O–H groups in total. The van der Waals surface area contributed by atoms with Crippen LogP contribution in [0.5, 0.6) is 11.5 Å². The molecule has 5 heteroatoms. The number of aromatic hydroxyl groups is 1. The van der Waals surface area contributed by atoms with E-state index in [9.17, 15) is 5.11 Å². The molecule has 0 heterocycles. The molecule has 2 aromatic rings. The number of phenolic OH excluding ortho intramolecular Hbond substituents is 1. The Morgan fingerprint density at radius 2 is 2.00 bits per heavy atom. The summed E-state index contributed by atoms with van der Waals surface area (Å²) in [5, 5.41) is 13.9. The minimum atomic E-state index is -0.0711. The summed E-state index contributed by atoms with van der Waals surface area (Å²) in [6, 6.07) is 10.7. The van der Waals surface area contributed by atoms with Gasteiger partial charge in [-0.15, -0.1) is 0 Å². The Bertz CT molecular complexity index is 619. The second kappa shape index (κ2) is 6.37. The number of anilines is 1. The molecular weight excluding hydrogens is 342 g/mol. The van der Waals surface area contributed by atoms with Gasteiger partial charge in [-0.1, -0.05) is 11.6 Å². The molecule has 0 fully saturated rings. The average Bonchev–Trinajstić information content (AvgIpc) is 2.43. The predicted octanol–water partition coefficient (Wildman–Crippen LogP) is 4.99. The molecule has 1 atom stereocenters. The first-order chi connectivity index (χ1) is 9.51. The molecule has 0 aromatic heterocycles. The fraction of sp³-hybridized carbons (Fsp3) is 0.200. The van der Waals surface area contributed by atoms with Crippen molar-refractivity contribution in [1.82, 2.24) is 0 Å². The van der Waals surface area contributed by atoms with Gasteiger partial charge in [-0.05, 0) is 59.3 Å². The van der Waals surface area contributed by atoms with E-state index in [1.165, 1.54) is 0 Å². The molecule has 0 aliphatic carbocycles. The third-order valence-corrected chi connectivity index (χ3v) is 4.22. The maximum absolute atomic E-state index is 9.95. The number of hydrogen-bond acceptors (Lipinski definition) is 3. The van der Waals surface area contributed by atoms with Crippen LogP contribution >= 0.6 is 27.5 Å². The fourth-order valence-corrected chi connectivity index (χ4v) is 2.42. The Kier molecular flexibility index (Phi) is 4.78. The molecule has 1 unspecified atom stereocenters. The Hall–Kier alpha value is -1.39. The normalized spacial score (nSPS) is 12.0. The molecule has 3 nitrogen and oxygen atoms in total. The van der Waals surface area contributed by atoms with E-state index in [0.717, 1.165) is 15.7 Å². The minimum Gasteiger partial charge on any atom is -0.508 e. The smallest absolute Gasteiger partial charge is 0.121 e. The van der Waals surface area contributed by atoms with Gasteiger partial charge in [0.15, 0.2) is 0 Å². The van der Waals surface area contributed by atoms with Crippen molar-refractivity contribution in [2.45, 2.75) is 13.0 Å². The van der Waals surface area contributed by atoms with E-state index < -0.39 is 0 Å². The third kappa shape index (κ3) is 3.38. The van der Waals surface area contributed by atoms with E-state index in [-0.39, 0.29) is 11.8 Å². The zero-order valence-electron chi connectivity index (χ0n) is 11.2. The van der Waals surface area contributed by atoms with E-state index in [1.54, 1.807) is 19.2 Å². The molecule has 0 aliphatic heterocycles. The standard InChI is InChI=1S/C15H15BrClNO2/c1-9(12-8-11(20-2)4-6-15(12)19)18-10-3-5-14(17)13(16)7-10/h3-9,18-19H,1-2H3. The van der Waals surface area contributed by atoms with Gasteiger partial charge in [0, 0.05) is 15.7 Å². The highest BCUT2D eigenvalue weighted by molar-refractivity contribution is 9.10. The molecule has 0 radical (unpaired) electrons. The molecule has 0 saturated carbocycles. The Morgan fingerprint density at radius 1 is 1.25 bits per heavy atom. The number of hydrogen-bond donors (Lipinski definition) is 2. The molecule has 0 amide bonds. The van der Waals surface area contributed by atoms with Gasteiger partial charge in [-0.25, -0.2) is 0 Å². The zero-order valence-corrected chi connectivity index (χ0v) is 13.5. The Labute approximate surface area is 131 Å². The van der Waals surface area contributed by atoms with Crippen LogP contribution < -0.4 is 10.1 Å². The number of methoxy groups -OCH3 is 1. The van der Waals surface area contributed by atoms with Crippen molar-refractivity contribution < 1.29 is 9.84 Å². The van der Waals surface area contributed by atoms with Gasteiger partial charge in [0.25, 0.3) is 0 Å². The summed E-state index contributed by atoms with van der Waals surface area (Å²) in [4.78, 5) is 0. The third-order valence-electron chi connectivity index (χ3n) is 3.00. The van der Waals surface area contributed by atoms with Gasteiger partial charge >= 0.3 is 0 Å². The first kappa shape index (κ1) is 15.0. The highest BCUT2D eigenvalue weighted by Gasteiger charge is 2.12. The van der Waals surface area contributed by atoms with E-state index in [4.69, 9.17) is 16.3 Å². The molecule has 0 bridgehead atoms. The Balaban J connectivity index is 2.23. The van der Waals surface area contributed by atoms with Crippen molar-refractivity contribution in [3.8, 4) is 11.5 Å². The summed E-state index contributed by atoms with van der Waals surface area (Å²) in [7, 11) is 1.60. The van der Waals surface area contributed by atoms with Crippen molar-refractivity contribution >= 4 is 33.2 Å². The van der Waals surface area contributed by atoms with Crippen LogP contribution in [0.1, 0.15) is 18.5 Å². The van der Waals surface area contributed by atoms with E-state index >= 15 is 0 Å². The number of nitrogens with one attached hydrogen (secondary N) is 1. The van der Waals surface area contributed by atoms with Gasteiger partial charge in [0.05, 0.1) is 18.2 Å². The number of benzene rings is 2. The van der Waals surface area contributed by atoms with Gasteiger partial charge in [-0.3, -0.25) is 0 Å². The highest BCUT2D eigenvalue weighted by atomic mass is 79.9. The maximum atomic E-state index is 9.95. The van der Waals surface area contributed by atoms with E-state index in [1.807, 2.05) is 31.2 Å². The molecule has 106 valence electrons. The summed E-state index contributed by atoms with van der Waals surface area (Å²) >= 11 is 9.36. The lowest BCUT2D eigenvalue weighted by atomic mass is 10.1. The summed E-state index contributed by atoms with van der Waals surface area (Å²) < 4.78 is 6.01. The first-order valence-corrected chi connectivity index (χ1v) is 7.27. The van der Waals surface area contributed by atoms with E-state index in [0.29, 0.717) is 10.8 Å². The van der Waals surface area contributed by atoms with Crippen LogP contribution in [0, 0.1) is 0 Å². The van der Waals surface area contributed by atoms with Gasteiger partial charge in [0.1, 0.15) is 11.5 Å². The molecule has 2 rings (SSSR count). The second-order valence-electron chi connectivity index (χ2n) is 4.42. The molecule has 2 aromatic carbocycles. The number of ether oxygens (including phenoxy) is 1. The van der Waals surface area contributed by atoms with Crippen LogP contribution in [0.4, 0.5) is 5.69 Å². The minimum absolute atomic E-state index is 0.0711. The van der Waals surface area contributed by atoms with Crippen molar-refractivity contribution in [1.29, 1.82) is 0 Å². The summed E-state index contributed by atoms with van der Waals surface area (Å²) in [6.45, 7) is 1.97. The maximum Gasteiger partial charge on any atom is 0.121 e. The highest BCUT2D eigenvalue weighted by Crippen LogP contribution is 2.32. The predicted molar refractivity (Wildman–Crippen MR) is 85.8 cm³/mol. The van der Waals surface area contributed by atoms with Crippen molar-refractivity contribution in [2.75, 3.05) is 12.4 Å². The average molecular weight is 357 g/mol. The lowest BCUT2D eigenvalue weighted by Crippen LogP contribution is -2.07. The molecule has 20 heavy (non-hydrogen) atoms. The molecule has 0 saturated heterocycles. The summed E-state index contributed by atoms with van der Waals surface area (Å²) in [5.41, 5.74) is 1.69. The first-order valence-electron chi connectivity index (χ1n) is 6.09. The lowest BCUT2D eigenvalue weighted by Gasteiger charge is -2.18. The zero-order chi connectivity index (χ0) is 14.7. The van der Waals surface area contributed by atoms with E-state index in [2.05, 4.69) is 21.2 Å². The van der Waals surface area contributed by atoms with Crippen LogP contribution in [0.15, 0.2) is 40.9 Å². The molecule has 0 spiro atoms. The SMILES string of the molecule is COc1ccc(O)c(C(C)Nc2ccc(Cl)c(Br)c2)c1. The molecular formula is C15H15BrClNO2. The topological polar surface area (TPSA) is 41.5 Å². The number of halogens is 2. The Morgan fingerprint density at radius 3 is 2.65 bits per heavy atom. The number of phenols is 1. The summed E-state index contributed by atoms with van der Waals surface area (Å²) in [5.74, 6) is 0.947. The van der Waals surface area contributed by atoms with Crippen LogP contribution in [0.25, 0.3) is 0 Å². The van der Waals surface area contributed by atoms with Gasteiger partial charge < -0.3 is 15.2 Å². The van der Waals surface area contributed by atoms with Crippen LogP contribution in [0.3, 0.4) is 0 Å². The lowest BCUT2D eigenvalue weighted by molar-refractivity contribution is 0.410. The monoisotopic (exact) mass is 355 g/mol. The van der Waals surface area contributed by atoms with Crippen molar-refractivity contribution in [2.24, 2.45) is 0 Å². The fourth-order valence-electron chi connectivity index (χ4n) is 1.92. The van der Waals surface area contributed by atoms with Crippen LogP contribution in [-0.4, -0.2) is 12.2 Å². The van der Waals surface area contributed by atoms with Crippen LogP contribution in [-0.2, 0) is 0 Å². The quantitative estimate of drug-likeness (QED) is 0.811. The van der Waals surface area contributed by atoms with Crippen molar-refractivity contribution in [3.63, 3.8) is 0 Å². The van der Waals surface area contributed by atoms with Gasteiger partial charge in [0.2, 0.25) is 0 Å². The van der Waals surface area contributed by atoms with Crippen molar-refractivity contribution in [3.05, 3.63) is 51.5 Å². The summed E-state index contributed by atoms with van der Waals surface area (Å²) in [6.07, 6.45) is 0. The van der Waals surface area contributed by atoms with Crippen LogP contribution in [0.2, 0.25) is 5.02 Å². The second-order valence-corrected chi connectivity index (χ2v) is 5.68. The number of rotatable bonds is 4. The largest absolute Gasteiger partial charge is 0.508 e. The van der Waals surface area contributed by atoms with Gasteiger partial charge in [-0.2, -0.15) is 0 Å². The molecule has 0 aliphatic rings.